The molecule has 0 aromatic carbocycles. The normalized spacial score (nSPS) is 20.9. The minimum Gasteiger partial charge on any atom is -0.343 e. The van der Waals surface area contributed by atoms with Gasteiger partial charge in [-0.05, 0) is 46.6 Å². The second-order valence-corrected chi connectivity index (χ2v) is 5.20. The lowest BCUT2D eigenvalue weighted by molar-refractivity contribution is -0.130. The highest BCUT2D eigenvalue weighted by molar-refractivity contribution is 5.76. The predicted octanol–water partition coefficient (Wildman–Crippen LogP) is 1.37. The van der Waals surface area contributed by atoms with Crippen molar-refractivity contribution in [1.29, 1.82) is 0 Å². The number of nitrogens with one attached hydrogen (secondary N) is 2. The van der Waals surface area contributed by atoms with Gasteiger partial charge in [0.2, 0.25) is 5.91 Å². The van der Waals surface area contributed by atoms with E-state index in [0.717, 1.165) is 26.2 Å². The molecular formula is C14H29N3O. The van der Waals surface area contributed by atoms with E-state index in [1.165, 1.54) is 19.3 Å². The van der Waals surface area contributed by atoms with Crippen molar-refractivity contribution < 1.29 is 4.79 Å². The lowest BCUT2D eigenvalue weighted by Crippen LogP contribution is -2.37. The molecule has 0 bridgehead atoms. The molecule has 0 aromatic rings. The highest BCUT2D eigenvalue weighted by atomic mass is 16.2. The SMILES string of the molecule is CCN(CC)C(=O)CCNC(C)CC1CCCN1. The van der Waals surface area contributed by atoms with E-state index >= 15 is 0 Å². The lowest BCUT2D eigenvalue weighted by atomic mass is 10.1. The monoisotopic (exact) mass is 255 g/mol. The minimum atomic E-state index is 0.263. The summed E-state index contributed by atoms with van der Waals surface area (Å²) in [5.74, 6) is 0.263. The molecular weight excluding hydrogens is 226 g/mol. The van der Waals surface area contributed by atoms with Gasteiger partial charge in [0, 0.05) is 38.1 Å². The van der Waals surface area contributed by atoms with Crippen LogP contribution in [0.1, 0.15) is 46.5 Å². The first-order valence-corrected chi connectivity index (χ1v) is 7.41. The summed E-state index contributed by atoms with van der Waals surface area (Å²) in [5, 5.41) is 6.96. The number of hydrogen-bond acceptors (Lipinski definition) is 3. The van der Waals surface area contributed by atoms with E-state index < -0.39 is 0 Å². The number of carbonyl (C=O) groups is 1. The topological polar surface area (TPSA) is 44.4 Å². The van der Waals surface area contributed by atoms with Crippen LogP contribution in [0.25, 0.3) is 0 Å². The van der Waals surface area contributed by atoms with Crippen molar-refractivity contribution in [3.8, 4) is 0 Å². The third-order valence-corrected chi connectivity index (χ3v) is 3.75. The summed E-state index contributed by atoms with van der Waals surface area (Å²) in [6.45, 7) is 9.86. The molecule has 1 amide bonds. The Balaban J connectivity index is 2.10. The van der Waals surface area contributed by atoms with Crippen LogP contribution in [-0.2, 0) is 4.79 Å². The van der Waals surface area contributed by atoms with E-state index in [4.69, 9.17) is 0 Å². The van der Waals surface area contributed by atoms with Crippen LogP contribution in [0.5, 0.6) is 0 Å². The van der Waals surface area contributed by atoms with Crippen LogP contribution in [-0.4, -0.2) is 49.1 Å². The van der Waals surface area contributed by atoms with Crippen molar-refractivity contribution in [2.75, 3.05) is 26.2 Å². The van der Waals surface area contributed by atoms with Crippen LogP contribution in [0.2, 0.25) is 0 Å². The van der Waals surface area contributed by atoms with Gasteiger partial charge in [-0.3, -0.25) is 4.79 Å². The zero-order chi connectivity index (χ0) is 13.4. The maximum atomic E-state index is 11.8. The van der Waals surface area contributed by atoms with Gasteiger partial charge < -0.3 is 15.5 Å². The van der Waals surface area contributed by atoms with Crippen LogP contribution < -0.4 is 10.6 Å². The Bertz CT molecular complexity index is 235. The first-order chi connectivity index (χ1) is 8.67. The van der Waals surface area contributed by atoms with Gasteiger partial charge in [0.05, 0.1) is 0 Å². The molecule has 2 N–H and O–H groups in total. The molecule has 2 atom stereocenters. The van der Waals surface area contributed by atoms with Crippen LogP contribution in [0.4, 0.5) is 0 Å². The molecule has 0 radical (unpaired) electrons. The third-order valence-electron chi connectivity index (χ3n) is 3.75. The molecule has 1 saturated heterocycles. The van der Waals surface area contributed by atoms with Gasteiger partial charge in [-0.15, -0.1) is 0 Å². The Kier molecular flexibility index (Phi) is 7.28. The number of hydrogen-bond donors (Lipinski definition) is 2. The van der Waals surface area contributed by atoms with E-state index in [1.54, 1.807) is 0 Å². The summed E-state index contributed by atoms with van der Waals surface area (Å²) < 4.78 is 0. The molecule has 18 heavy (non-hydrogen) atoms. The van der Waals surface area contributed by atoms with Gasteiger partial charge in [0.25, 0.3) is 0 Å². The van der Waals surface area contributed by atoms with E-state index in [1.807, 2.05) is 18.7 Å². The summed E-state index contributed by atoms with van der Waals surface area (Å²) in [6.07, 6.45) is 4.38. The van der Waals surface area contributed by atoms with Gasteiger partial charge in [-0.25, -0.2) is 0 Å². The van der Waals surface area contributed by atoms with Crippen LogP contribution in [0, 0.1) is 0 Å². The Hall–Kier alpha value is -0.610. The van der Waals surface area contributed by atoms with Gasteiger partial charge in [-0.2, -0.15) is 0 Å². The van der Waals surface area contributed by atoms with Crippen molar-refractivity contribution in [3.63, 3.8) is 0 Å². The molecule has 1 aliphatic rings. The highest BCUT2D eigenvalue weighted by Crippen LogP contribution is 2.10. The number of carbonyl (C=O) groups excluding carboxylic acids is 1. The summed E-state index contributed by atoms with van der Waals surface area (Å²) in [6, 6.07) is 1.16. The average molecular weight is 255 g/mol. The van der Waals surface area contributed by atoms with Crippen molar-refractivity contribution in [2.24, 2.45) is 0 Å². The predicted molar refractivity (Wildman–Crippen MR) is 75.7 cm³/mol. The molecule has 4 nitrogen and oxygen atoms in total. The van der Waals surface area contributed by atoms with E-state index in [2.05, 4.69) is 17.6 Å². The molecule has 1 aliphatic heterocycles. The molecule has 1 rings (SSSR count). The maximum Gasteiger partial charge on any atom is 0.223 e. The van der Waals surface area contributed by atoms with Crippen molar-refractivity contribution in [1.82, 2.24) is 15.5 Å². The molecule has 1 heterocycles. The average Bonchev–Trinajstić information content (AvgIpc) is 2.83. The summed E-state index contributed by atoms with van der Waals surface area (Å²) in [7, 11) is 0. The summed E-state index contributed by atoms with van der Waals surface area (Å²) in [5.41, 5.74) is 0. The fraction of sp³-hybridized carbons (Fsp3) is 0.929. The zero-order valence-electron chi connectivity index (χ0n) is 12.2. The molecule has 0 aromatic heterocycles. The second-order valence-electron chi connectivity index (χ2n) is 5.20. The highest BCUT2D eigenvalue weighted by Gasteiger charge is 2.17. The molecule has 0 aliphatic carbocycles. The molecule has 1 fully saturated rings. The summed E-state index contributed by atoms with van der Waals surface area (Å²) >= 11 is 0. The van der Waals surface area contributed by atoms with Crippen molar-refractivity contribution in [3.05, 3.63) is 0 Å². The van der Waals surface area contributed by atoms with Gasteiger partial charge in [-0.1, -0.05) is 0 Å². The third kappa shape index (κ3) is 5.36. The summed E-state index contributed by atoms with van der Waals surface area (Å²) in [4.78, 5) is 13.7. The minimum absolute atomic E-state index is 0.263. The van der Waals surface area contributed by atoms with E-state index in [0.29, 0.717) is 18.5 Å². The van der Waals surface area contributed by atoms with Gasteiger partial charge in [0.15, 0.2) is 0 Å². The Labute approximate surface area is 111 Å². The smallest absolute Gasteiger partial charge is 0.223 e. The van der Waals surface area contributed by atoms with Crippen LogP contribution in [0.15, 0.2) is 0 Å². The number of nitrogens with zero attached hydrogens (tertiary/aromatic N) is 1. The standard InChI is InChI=1S/C14H29N3O/c1-4-17(5-2)14(18)8-10-15-12(3)11-13-7-6-9-16-13/h12-13,15-16H,4-11H2,1-3H3. The number of rotatable bonds is 8. The molecule has 0 spiro atoms. The van der Waals surface area contributed by atoms with Crippen molar-refractivity contribution >= 4 is 5.91 Å². The van der Waals surface area contributed by atoms with Crippen LogP contribution in [0.3, 0.4) is 0 Å². The van der Waals surface area contributed by atoms with Crippen molar-refractivity contribution in [2.45, 2.75) is 58.5 Å². The fourth-order valence-electron chi connectivity index (χ4n) is 2.63. The first-order valence-electron chi connectivity index (χ1n) is 7.41. The molecule has 4 heteroatoms. The lowest BCUT2D eigenvalue weighted by Gasteiger charge is -2.21. The maximum absolute atomic E-state index is 11.8. The van der Waals surface area contributed by atoms with Gasteiger partial charge in [0.1, 0.15) is 0 Å². The largest absolute Gasteiger partial charge is 0.343 e. The second kappa shape index (κ2) is 8.48. The quantitative estimate of drug-likeness (QED) is 0.688. The van der Waals surface area contributed by atoms with E-state index in [9.17, 15) is 4.79 Å². The molecule has 2 unspecified atom stereocenters. The zero-order valence-corrected chi connectivity index (χ0v) is 12.2. The fourth-order valence-corrected chi connectivity index (χ4v) is 2.63. The first kappa shape index (κ1) is 15.4. The molecule has 106 valence electrons. The Morgan fingerprint density at radius 1 is 1.44 bits per heavy atom. The van der Waals surface area contributed by atoms with E-state index in [-0.39, 0.29) is 5.91 Å². The Morgan fingerprint density at radius 3 is 2.72 bits per heavy atom. The van der Waals surface area contributed by atoms with Gasteiger partial charge >= 0.3 is 0 Å². The number of amides is 1. The van der Waals surface area contributed by atoms with Crippen LogP contribution >= 0.6 is 0 Å². The molecule has 0 saturated carbocycles. The Morgan fingerprint density at radius 2 is 2.17 bits per heavy atom.